The highest BCUT2D eigenvalue weighted by Crippen LogP contribution is 2.20. The Morgan fingerprint density at radius 1 is 1.62 bits per heavy atom. The molecular weight excluding hydrogens is 208 g/mol. The van der Waals surface area contributed by atoms with Gasteiger partial charge in [0, 0.05) is 11.7 Å². The summed E-state index contributed by atoms with van der Waals surface area (Å²) in [5.74, 6) is 0.141. The molecule has 1 aromatic carbocycles. The Kier molecular flexibility index (Phi) is 4.13. The van der Waals surface area contributed by atoms with Gasteiger partial charge in [-0.25, -0.2) is 0 Å². The van der Waals surface area contributed by atoms with Crippen molar-refractivity contribution in [2.45, 2.75) is 13.0 Å². The maximum atomic E-state index is 11.8. The number of anilines is 1. The zero-order valence-electron chi connectivity index (χ0n) is 9.36. The van der Waals surface area contributed by atoms with Crippen LogP contribution in [0, 0.1) is 0 Å². The Balaban J connectivity index is 2.93. The molecule has 0 saturated heterocycles. The molecule has 1 rings (SSSR count). The molecule has 88 valence electrons. The lowest BCUT2D eigenvalue weighted by Crippen LogP contribution is -2.35. The smallest absolute Gasteiger partial charge is 0.255 e. The maximum absolute atomic E-state index is 11.8. The van der Waals surface area contributed by atoms with Crippen LogP contribution in [0.5, 0.6) is 5.75 Å². The molecule has 0 unspecified atom stereocenters. The first-order valence-electron chi connectivity index (χ1n) is 4.93. The predicted molar refractivity (Wildman–Crippen MR) is 61.4 cm³/mol. The summed E-state index contributed by atoms with van der Waals surface area (Å²) in [4.78, 5) is 11.8. The fourth-order valence-corrected chi connectivity index (χ4v) is 1.25. The van der Waals surface area contributed by atoms with E-state index in [1.807, 2.05) is 0 Å². The monoisotopic (exact) mass is 224 g/mol. The van der Waals surface area contributed by atoms with Crippen molar-refractivity contribution >= 4 is 11.6 Å². The third kappa shape index (κ3) is 2.87. The number of nitrogen functional groups attached to an aromatic ring is 1. The van der Waals surface area contributed by atoms with Gasteiger partial charge in [0.2, 0.25) is 0 Å². The summed E-state index contributed by atoms with van der Waals surface area (Å²) in [6, 6.07) is 4.52. The summed E-state index contributed by atoms with van der Waals surface area (Å²) in [6.45, 7) is 1.59. The molecular formula is C11H16N2O3. The van der Waals surface area contributed by atoms with Gasteiger partial charge in [-0.2, -0.15) is 0 Å². The highest BCUT2D eigenvalue weighted by Gasteiger charge is 2.14. The van der Waals surface area contributed by atoms with Crippen molar-refractivity contribution in [1.29, 1.82) is 0 Å². The van der Waals surface area contributed by atoms with E-state index in [9.17, 15) is 4.79 Å². The molecule has 0 bridgehead atoms. The molecule has 1 amide bonds. The Bertz CT molecular complexity index is 379. The van der Waals surface area contributed by atoms with Crippen LogP contribution in [0.25, 0.3) is 0 Å². The van der Waals surface area contributed by atoms with Gasteiger partial charge < -0.3 is 20.9 Å². The summed E-state index contributed by atoms with van der Waals surface area (Å²) in [6.07, 6.45) is 0. The summed E-state index contributed by atoms with van der Waals surface area (Å²) in [5.41, 5.74) is 6.45. The van der Waals surface area contributed by atoms with E-state index in [1.165, 1.54) is 13.2 Å². The normalized spacial score (nSPS) is 11.9. The summed E-state index contributed by atoms with van der Waals surface area (Å²) >= 11 is 0. The number of aliphatic hydroxyl groups is 1. The van der Waals surface area contributed by atoms with Gasteiger partial charge >= 0.3 is 0 Å². The number of aliphatic hydroxyl groups excluding tert-OH is 1. The van der Waals surface area contributed by atoms with E-state index in [2.05, 4.69) is 5.32 Å². The summed E-state index contributed by atoms with van der Waals surface area (Å²) in [7, 11) is 1.48. The van der Waals surface area contributed by atoms with E-state index in [1.54, 1.807) is 19.1 Å². The number of carbonyl (C=O) groups excluding carboxylic acids is 1. The fraction of sp³-hybridized carbons (Fsp3) is 0.364. The second-order valence-corrected chi connectivity index (χ2v) is 3.52. The van der Waals surface area contributed by atoms with Crippen molar-refractivity contribution in [1.82, 2.24) is 5.32 Å². The molecule has 0 aliphatic carbocycles. The van der Waals surface area contributed by atoms with E-state index >= 15 is 0 Å². The molecule has 0 saturated carbocycles. The Hall–Kier alpha value is -1.75. The van der Waals surface area contributed by atoms with Gasteiger partial charge in [-0.15, -0.1) is 0 Å². The second-order valence-electron chi connectivity index (χ2n) is 3.52. The quantitative estimate of drug-likeness (QED) is 0.646. The standard InChI is InChI=1S/C11H16N2O3/c1-7(6-14)13-11(15)9-5-8(12)3-4-10(9)16-2/h3-5,7,14H,6,12H2,1-2H3,(H,13,15)/t7-/m0/s1. The van der Waals surface area contributed by atoms with Crippen LogP contribution in [0.4, 0.5) is 5.69 Å². The molecule has 1 aromatic rings. The van der Waals surface area contributed by atoms with Gasteiger partial charge in [0.25, 0.3) is 5.91 Å². The third-order valence-electron chi connectivity index (χ3n) is 2.12. The first-order valence-corrected chi connectivity index (χ1v) is 4.93. The van der Waals surface area contributed by atoms with Crippen LogP contribution in [-0.4, -0.2) is 30.8 Å². The van der Waals surface area contributed by atoms with E-state index in [-0.39, 0.29) is 18.6 Å². The lowest BCUT2D eigenvalue weighted by Gasteiger charge is -2.13. The number of methoxy groups -OCH3 is 1. The van der Waals surface area contributed by atoms with Gasteiger partial charge in [0.1, 0.15) is 5.75 Å². The Labute approximate surface area is 94.2 Å². The number of amides is 1. The van der Waals surface area contributed by atoms with Gasteiger partial charge in [-0.3, -0.25) is 4.79 Å². The minimum atomic E-state index is -0.314. The van der Waals surface area contributed by atoms with Crippen LogP contribution in [-0.2, 0) is 0 Å². The molecule has 0 radical (unpaired) electrons. The third-order valence-corrected chi connectivity index (χ3v) is 2.12. The van der Waals surface area contributed by atoms with Crippen LogP contribution >= 0.6 is 0 Å². The Morgan fingerprint density at radius 3 is 2.88 bits per heavy atom. The van der Waals surface area contributed by atoms with Crippen LogP contribution < -0.4 is 15.8 Å². The number of nitrogens with one attached hydrogen (secondary N) is 1. The van der Waals surface area contributed by atoms with Crippen molar-refractivity contribution in [3.63, 3.8) is 0 Å². The molecule has 0 aliphatic heterocycles. The second kappa shape index (κ2) is 5.37. The number of rotatable bonds is 4. The minimum Gasteiger partial charge on any atom is -0.496 e. The maximum Gasteiger partial charge on any atom is 0.255 e. The zero-order chi connectivity index (χ0) is 12.1. The molecule has 0 aliphatic rings. The van der Waals surface area contributed by atoms with Crippen molar-refractivity contribution in [2.75, 3.05) is 19.5 Å². The number of benzene rings is 1. The van der Waals surface area contributed by atoms with E-state index < -0.39 is 0 Å². The van der Waals surface area contributed by atoms with Gasteiger partial charge in [0.15, 0.2) is 0 Å². The predicted octanol–water partition coefficient (Wildman–Crippen LogP) is 0.388. The van der Waals surface area contributed by atoms with Crippen LogP contribution in [0.2, 0.25) is 0 Å². The average Bonchev–Trinajstić information content (AvgIpc) is 2.28. The zero-order valence-corrected chi connectivity index (χ0v) is 9.36. The SMILES string of the molecule is COc1ccc(N)cc1C(=O)N[C@@H](C)CO. The van der Waals surface area contributed by atoms with Crippen molar-refractivity contribution < 1.29 is 14.6 Å². The minimum absolute atomic E-state index is 0.115. The van der Waals surface area contributed by atoms with E-state index in [0.717, 1.165) is 0 Å². The van der Waals surface area contributed by atoms with Crippen LogP contribution in [0.15, 0.2) is 18.2 Å². The highest BCUT2D eigenvalue weighted by molar-refractivity contribution is 5.98. The van der Waals surface area contributed by atoms with E-state index in [0.29, 0.717) is 17.0 Å². The molecule has 0 aromatic heterocycles. The molecule has 16 heavy (non-hydrogen) atoms. The van der Waals surface area contributed by atoms with Crippen LogP contribution in [0.3, 0.4) is 0 Å². The highest BCUT2D eigenvalue weighted by atomic mass is 16.5. The molecule has 1 atom stereocenters. The molecule has 0 heterocycles. The molecule has 0 spiro atoms. The van der Waals surface area contributed by atoms with Gasteiger partial charge in [0.05, 0.1) is 19.3 Å². The Morgan fingerprint density at radius 2 is 2.31 bits per heavy atom. The molecule has 5 heteroatoms. The average molecular weight is 224 g/mol. The van der Waals surface area contributed by atoms with Gasteiger partial charge in [-0.05, 0) is 25.1 Å². The van der Waals surface area contributed by atoms with Crippen LogP contribution in [0.1, 0.15) is 17.3 Å². The fourth-order valence-electron chi connectivity index (χ4n) is 1.25. The number of ether oxygens (including phenoxy) is 1. The first kappa shape index (κ1) is 12.3. The lowest BCUT2D eigenvalue weighted by molar-refractivity contribution is 0.0919. The summed E-state index contributed by atoms with van der Waals surface area (Å²) in [5, 5.41) is 11.5. The number of carbonyl (C=O) groups is 1. The van der Waals surface area contributed by atoms with Crippen molar-refractivity contribution in [2.24, 2.45) is 0 Å². The largest absolute Gasteiger partial charge is 0.496 e. The lowest BCUT2D eigenvalue weighted by atomic mass is 10.1. The number of hydrogen-bond acceptors (Lipinski definition) is 4. The van der Waals surface area contributed by atoms with Crippen molar-refractivity contribution in [3.05, 3.63) is 23.8 Å². The first-order chi connectivity index (χ1) is 7.58. The molecule has 5 nitrogen and oxygen atoms in total. The molecule has 0 fully saturated rings. The number of nitrogens with two attached hydrogens (primary N) is 1. The topological polar surface area (TPSA) is 84.6 Å². The van der Waals surface area contributed by atoms with Gasteiger partial charge in [-0.1, -0.05) is 0 Å². The van der Waals surface area contributed by atoms with E-state index in [4.69, 9.17) is 15.6 Å². The number of hydrogen-bond donors (Lipinski definition) is 3. The molecule has 4 N–H and O–H groups in total. The van der Waals surface area contributed by atoms with Crippen molar-refractivity contribution in [3.8, 4) is 5.75 Å². The summed E-state index contributed by atoms with van der Waals surface area (Å²) < 4.78 is 5.06.